The summed E-state index contributed by atoms with van der Waals surface area (Å²) in [5, 5.41) is 2.19. The van der Waals surface area contributed by atoms with E-state index in [2.05, 4.69) is 0 Å². The molecule has 2 aromatic rings. The number of fused-ring (bicyclic) bond motifs is 1. The second kappa shape index (κ2) is 6.04. The van der Waals surface area contributed by atoms with Gasteiger partial charge in [0.1, 0.15) is 5.75 Å². The van der Waals surface area contributed by atoms with Gasteiger partial charge in [-0.1, -0.05) is 6.07 Å². The molecular formula is C17H22O3. The predicted octanol–water partition coefficient (Wildman–Crippen LogP) is 4.42. The van der Waals surface area contributed by atoms with E-state index in [4.69, 9.17) is 14.2 Å². The smallest absolute Gasteiger partial charge is 0.162 e. The van der Waals surface area contributed by atoms with Gasteiger partial charge in [-0.05, 0) is 62.7 Å². The van der Waals surface area contributed by atoms with Crippen molar-refractivity contribution in [1.82, 2.24) is 0 Å². The Hall–Kier alpha value is -1.90. The normalized spacial score (nSPS) is 11.2. The van der Waals surface area contributed by atoms with Gasteiger partial charge in [0.2, 0.25) is 0 Å². The molecule has 0 amide bonds. The van der Waals surface area contributed by atoms with Crippen molar-refractivity contribution in [3.63, 3.8) is 0 Å². The van der Waals surface area contributed by atoms with Gasteiger partial charge in [0, 0.05) is 0 Å². The van der Waals surface area contributed by atoms with Gasteiger partial charge in [-0.15, -0.1) is 0 Å². The number of hydrogen-bond acceptors (Lipinski definition) is 3. The summed E-state index contributed by atoms with van der Waals surface area (Å²) in [5.41, 5.74) is 0. The van der Waals surface area contributed by atoms with Gasteiger partial charge in [0.15, 0.2) is 11.5 Å². The molecule has 2 rings (SSSR count). The first-order chi connectivity index (χ1) is 9.49. The number of benzene rings is 2. The van der Waals surface area contributed by atoms with Crippen LogP contribution in [0.5, 0.6) is 17.2 Å². The first kappa shape index (κ1) is 14.5. The molecular weight excluding hydrogens is 252 g/mol. The number of ether oxygens (including phenoxy) is 3. The lowest BCUT2D eigenvalue weighted by atomic mass is 10.1. The van der Waals surface area contributed by atoms with Gasteiger partial charge in [-0.2, -0.15) is 0 Å². The molecule has 0 heterocycles. The Balaban J connectivity index is 2.44. The van der Waals surface area contributed by atoms with E-state index in [9.17, 15) is 0 Å². The predicted molar refractivity (Wildman–Crippen MR) is 82.0 cm³/mol. The maximum Gasteiger partial charge on any atom is 0.162 e. The van der Waals surface area contributed by atoms with E-state index in [0.717, 1.165) is 28.0 Å². The molecule has 3 heteroatoms. The van der Waals surface area contributed by atoms with Crippen molar-refractivity contribution >= 4 is 10.8 Å². The molecule has 20 heavy (non-hydrogen) atoms. The van der Waals surface area contributed by atoms with Crippen LogP contribution in [0.25, 0.3) is 10.8 Å². The van der Waals surface area contributed by atoms with Crippen LogP contribution in [0.1, 0.15) is 27.7 Å². The largest absolute Gasteiger partial charge is 0.493 e. The zero-order chi connectivity index (χ0) is 14.7. The highest BCUT2D eigenvalue weighted by Gasteiger charge is 2.09. The van der Waals surface area contributed by atoms with Crippen molar-refractivity contribution in [2.24, 2.45) is 0 Å². The van der Waals surface area contributed by atoms with E-state index in [1.54, 1.807) is 7.11 Å². The Morgan fingerprint density at radius 3 is 2.00 bits per heavy atom. The van der Waals surface area contributed by atoms with E-state index in [1.165, 1.54) is 0 Å². The molecule has 0 aliphatic heterocycles. The molecule has 3 nitrogen and oxygen atoms in total. The maximum absolute atomic E-state index is 5.78. The first-order valence-electron chi connectivity index (χ1n) is 6.94. The fourth-order valence-electron chi connectivity index (χ4n) is 2.09. The molecule has 0 aliphatic carbocycles. The molecule has 0 unspecified atom stereocenters. The Morgan fingerprint density at radius 2 is 1.40 bits per heavy atom. The zero-order valence-electron chi connectivity index (χ0n) is 12.8. The third kappa shape index (κ3) is 3.35. The van der Waals surface area contributed by atoms with Crippen LogP contribution in [-0.4, -0.2) is 19.3 Å². The van der Waals surface area contributed by atoms with Gasteiger partial charge in [0.05, 0.1) is 19.3 Å². The van der Waals surface area contributed by atoms with Crippen LogP contribution in [0, 0.1) is 0 Å². The standard InChI is InChI=1S/C17H22O3/c1-11(2)19-15-7-6-13-9-17(20-12(3)4)16(18-5)10-14(13)8-15/h6-12H,1-5H3. The Labute approximate surface area is 120 Å². The quantitative estimate of drug-likeness (QED) is 0.807. The van der Waals surface area contributed by atoms with E-state index < -0.39 is 0 Å². The van der Waals surface area contributed by atoms with Crippen molar-refractivity contribution in [3.8, 4) is 17.2 Å². The summed E-state index contributed by atoms with van der Waals surface area (Å²) in [4.78, 5) is 0. The summed E-state index contributed by atoms with van der Waals surface area (Å²) in [6, 6.07) is 10.0. The number of hydrogen-bond donors (Lipinski definition) is 0. The summed E-state index contributed by atoms with van der Waals surface area (Å²) in [7, 11) is 1.66. The fraction of sp³-hybridized carbons (Fsp3) is 0.412. The third-order valence-electron chi connectivity index (χ3n) is 2.83. The van der Waals surface area contributed by atoms with Crippen LogP contribution in [0.2, 0.25) is 0 Å². The van der Waals surface area contributed by atoms with Crippen LogP contribution >= 0.6 is 0 Å². The molecule has 2 aromatic carbocycles. The van der Waals surface area contributed by atoms with E-state index in [1.807, 2.05) is 58.0 Å². The third-order valence-corrected chi connectivity index (χ3v) is 2.83. The first-order valence-corrected chi connectivity index (χ1v) is 6.94. The number of rotatable bonds is 5. The Bertz CT molecular complexity index is 588. The van der Waals surface area contributed by atoms with Crippen LogP contribution < -0.4 is 14.2 Å². The molecule has 0 saturated carbocycles. The average molecular weight is 274 g/mol. The molecule has 0 aliphatic rings. The second-order valence-corrected chi connectivity index (χ2v) is 5.35. The maximum atomic E-state index is 5.78. The van der Waals surface area contributed by atoms with Gasteiger partial charge < -0.3 is 14.2 Å². The summed E-state index contributed by atoms with van der Waals surface area (Å²) in [6.07, 6.45) is 0.280. The monoisotopic (exact) mass is 274 g/mol. The average Bonchev–Trinajstić information content (AvgIpc) is 2.36. The van der Waals surface area contributed by atoms with Crippen molar-refractivity contribution < 1.29 is 14.2 Å². The molecule has 0 atom stereocenters. The highest BCUT2D eigenvalue weighted by molar-refractivity contribution is 5.87. The molecule has 0 aromatic heterocycles. The molecule has 0 saturated heterocycles. The minimum atomic E-state index is 0.116. The minimum absolute atomic E-state index is 0.116. The summed E-state index contributed by atoms with van der Waals surface area (Å²) in [6.45, 7) is 8.04. The van der Waals surface area contributed by atoms with E-state index in [-0.39, 0.29) is 12.2 Å². The van der Waals surface area contributed by atoms with Crippen molar-refractivity contribution in [2.75, 3.05) is 7.11 Å². The molecule has 0 N–H and O–H groups in total. The van der Waals surface area contributed by atoms with E-state index >= 15 is 0 Å². The lowest BCUT2D eigenvalue weighted by molar-refractivity contribution is 0.230. The van der Waals surface area contributed by atoms with E-state index in [0.29, 0.717) is 0 Å². The van der Waals surface area contributed by atoms with Crippen LogP contribution in [0.15, 0.2) is 30.3 Å². The molecule has 108 valence electrons. The molecule has 0 bridgehead atoms. The molecule has 0 spiro atoms. The fourth-order valence-corrected chi connectivity index (χ4v) is 2.09. The summed E-state index contributed by atoms with van der Waals surface area (Å²) >= 11 is 0. The van der Waals surface area contributed by atoms with Crippen molar-refractivity contribution in [2.45, 2.75) is 39.9 Å². The lowest BCUT2D eigenvalue weighted by Crippen LogP contribution is -2.07. The summed E-state index contributed by atoms with van der Waals surface area (Å²) < 4.78 is 16.9. The van der Waals surface area contributed by atoms with Gasteiger partial charge in [0.25, 0.3) is 0 Å². The lowest BCUT2D eigenvalue weighted by Gasteiger charge is -2.15. The second-order valence-electron chi connectivity index (χ2n) is 5.35. The van der Waals surface area contributed by atoms with Crippen molar-refractivity contribution in [3.05, 3.63) is 30.3 Å². The number of methoxy groups -OCH3 is 1. The van der Waals surface area contributed by atoms with Gasteiger partial charge >= 0.3 is 0 Å². The topological polar surface area (TPSA) is 27.7 Å². The van der Waals surface area contributed by atoms with Crippen LogP contribution in [0.3, 0.4) is 0 Å². The Morgan fingerprint density at radius 1 is 0.750 bits per heavy atom. The summed E-state index contributed by atoms with van der Waals surface area (Å²) in [5.74, 6) is 2.38. The molecule has 0 radical (unpaired) electrons. The van der Waals surface area contributed by atoms with Gasteiger partial charge in [-0.3, -0.25) is 0 Å². The van der Waals surface area contributed by atoms with Crippen LogP contribution in [0.4, 0.5) is 0 Å². The SMILES string of the molecule is COc1cc2cc(OC(C)C)ccc2cc1OC(C)C. The minimum Gasteiger partial charge on any atom is -0.493 e. The highest BCUT2D eigenvalue weighted by Crippen LogP contribution is 2.34. The van der Waals surface area contributed by atoms with Crippen LogP contribution in [-0.2, 0) is 0 Å². The Kier molecular flexibility index (Phi) is 4.38. The zero-order valence-corrected chi connectivity index (χ0v) is 12.8. The highest BCUT2D eigenvalue weighted by atomic mass is 16.5. The van der Waals surface area contributed by atoms with Crippen molar-refractivity contribution in [1.29, 1.82) is 0 Å². The molecule has 0 fully saturated rings. The van der Waals surface area contributed by atoms with Gasteiger partial charge in [-0.25, -0.2) is 0 Å².